The zero-order chi connectivity index (χ0) is 20.8. The van der Waals surface area contributed by atoms with Crippen LogP contribution in [0.4, 0.5) is 14.6 Å². The van der Waals surface area contributed by atoms with Crippen molar-refractivity contribution in [3.63, 3.8) is 0 Å². The van der Waals surface area contributed by atoms with E-state index in [1.807, 2.05) is 0 Å². The molecule has 0 spiro atoms. The van der Waals surface area contributed by atoms with E-state index < -0.39 is 11.6 Å². The highest BCUT2D eigenvalue weighted by Crippen LogP contribution is 2.45. The van der Waals surface area contributed by atoms with Crippen molar-refractivity contribution in [3.05, 3.63) is 51.4 Å². The van der Waals surface area contributed by atoms with E-state index >= 15 is 0 Å². The van der Waals surface area contributed by atoms with E-state index in [0.717, 1.165) is 60.2 Å². The standard InChI is InChI=1S/C21H19ClF2N4OS/c22-15-11-14-18-19(17(15)13-3-2-12(23)10-16(13)24)30-9-1-6-28(18)21(29)26-20(14)27-7-4-25-5-8-27/h2-3,10-11,25H,1,4-9H2. The molecule has 1 aromatic heterocycles. The van der Waals surface area contributed by atoms with E-state index in [1.54, 1.807) is 22.4 Å². The summed E-state index contributed by atoms with van der Waals surface area (Å²) in [4.78, 5) is 20.2. The monoisotopic (exact) mass is 448 g/mol. The van der Waals surface area contributed by atoms with Gasteiger partial charge in [-0.2, -0.15) is 4.98 Å². The Hall–Kier alpha value is -2.16. The molecule has 1 saturated heterocycles. The van der Waals surface area contributed by atoms with Crippen LogP contribution in [-0.4, -0.2) is 41.5 Å². The van der Waals surface area contributed by atoms with E-state index in [0.29, 0.717) is 22.9 Å². The fraction of sp³-hybridized carbons (Fsp3) is 0.333. The maximum absolute atomic E-state index is 14.7. The molecule has 3 aromatic rings. The Morgan fingerprint density at radius 1 is 1.13 bits per heavy atom. The number of hydrogen-bond donors (Lipinski definition) is 1. The number of benzene rings is 2. The summed E-state index contributed by atoms with van der Waals surface area (Å²) >= 11 is 8.25. The molecule has 0 aliphatic carbocycles. The summed E-state index contributed by atoms with van der Waals surface area (Å²) in [5, 5.41) is 4.45. The summed E-state index contributed by atoms with van der Waals surface area (Å²) in [5.74, 6) is 0.0518. The molecule has 156 valence electrons. The molecule has 2 aliphatic rings. The summed E-state index contributed by atoms with van der Waals surface area (Å²) in [7, 11) is 0. The summed E-state index contributed by atoms with van der Waals surface area (Å²) in [6.45, 7) is 3.62. The van der Waals surface area contributed by atoms with Gasteiger partial charge in [0.2, 0.25) is 0 Å². The van der Waals surface area contributed by atoms with Crippen molar-refractivity contribution in [2.24, 2.45) is 0 Å². The third-order valence-electron chi connectivity index (χ3n) is 5.54. The maximum atomic E-state index is 14.7. The van der Waals surface area contributed by atoms with Crippen molar-refractivity contribution in [2.45, 2.75) is 17.9 Å². The van der Waals surface area contributed by atoms with Crippen molar-refractivity contribution in [2.75, 3.05) is 36.8 Å². The largest absolute Gasteiger partial charge is 0.353 e. The second-order valence-corrected chi connectivity index (χ2v) is 8.90. The second kappa shape index (κ2) is 7.83. The van der Waals surface area contributed by atoms with Crippen LogP contribution in [0.2, 0.25) is 5.02 Å². The highest BCUT2D eigenvalue weighted by Gasteiger charge is 2.26. The average molecular weight is 449 g/mol. The highest BCUT2D eigenvalue weighted by molar-refractivity contribution is 7.99. The molecular weight excluding hydrogens is 430 g/mol. The Morgan fingerprint density at radius 2 is 1.93 bits per heavy atom. The first-order chi connectivity index (χ1) is 14.5. The van der Waals surface area contributed by atoms with Gasteiger partial charge in [-0.25, -0.2) is 13.6 Å². The van der Waals surface area contributed by atoms with Crippen LogP contribution in [0.5, 0.6) is 0 Å². The predicted octanol–water partition coefficient (Wildman–Crippen LogP) is 3.90. The molecule has 3 heterocycles. The molecule has 0 unspecified atom stereocenters. The van der Waals surface area contributed by atoms with Gasteiger partial charge in [0.1, 0.15) is 17.5 Å². The number of aromatic nitrogens is 2. The SMILES string of the molecule is O=c1nc(N2CCNCC2)c2cc(Cl)c(-c3ccc(F)cc3F)c3c2n1CCCS3. The number of hydrogen-bond acceptors (Lipinski definition) is 5. The molecule has 1 N–H and O–H groups in total. The maximum Gasteiger partial charge on any atom is 0.350 e. The third-order valence-corrected chi connectivity index (χ3v) is 7.02. The summed E-state index contributed by atoms with van der Waals surface area (Å²) in [5.41, 5.74) is 1.15. The zero-order valence-corrected chi connectivity index (χ0v) is 17.6. The lowest BCUT2D eigenvalue weighted by molar-refractivity contribution is 0.582. The summed E-state index contributed by atoms with van der Waals surface area (Å²) in [6, 6.07) is 5.25. The van der Waals surface area contributed by atoms with Crippen LogP contribution in [0, 0.1) is 11.6 Å². The molecule has 0 bridgehead atoms. The lowest BCUT2D eigenvalue weighted by Crippen LogP contribution is -2.44. The Balaban J connectivity index is 1.85. The summed E-state index contributed by atoms with van der Waals surface area (Å²) < 4.78 is 29.9. The minimum Gasteiger partial charge on any atom is -0.353 e. The normalized spacial score (nSPS) is 16.7. The van der Waals surface area contributed by atoms with Gasteiger partial charge in [0.05, 0.1) is 10.5 Å². The van der Waals surface area contributed by atoms with Crippen LogP contribution in [0.1, 0.15) is 6.42 Å². The lowest BCUT2D eigenvalue weighted by Gasteiger charge is -2.30. The van der Waals surface area contributed by atoms with Gasteiger partial charge in [-0.05, 0) is 30.4 Å². The van der Waals surface area contributed by atoms with Crippen LogP contribution in [-0.2, 0) is 6.54 Å². The van der Waals surface area contributed by atoms with Crippen molar-refractivity contribution in [1.82, 2.24) is 14.9 Å². The topological polar surface area (TPSA) is 50.2 Å². The van der Waals surface area contributed by atoms with E-state index in [9.17, 15) is 13.6 Å². The molecule has 9 heteroatoms. The molecule has 0 amide bonds. The van der Waals surface area contributed by atoms with E-state index in [4.69, 9.17) is 11.6 Å². The Kier molecular flexibility index (Phi) is 5.16. The molecule has 30 heavy (non-hydrogen) atoms. The first-order valence-corrected chi connectivity index (χ1v) is 11.2. The van der Waals surface area contributed by atoms with Gasteiger partial charge in [-0.15, -0.1) is 11.8 Å². The number of thioether (sulfide) groups is 1. The van der Waals surface area contributed by atoms with Crippen molar-refractivity contribution < 1.29 is 8.78 Å². The zero-order valence-electron chi connectivity index (χ0n) is 16.1. The first-order valence-electron chi connectivity index (χ1n) is 9.85. The van der Waals surface area contributed by atoms with Crippen molar-refractivity contribution >= 4 is 40.1 Å². The van der Waals surface area contributed by atoms with Crippen LogP contribution in [0.15, 0.2) is 34.0 Å². The van der Waals surface area contributed by atoms with Gasteiger partial charge in [-0.3, -0.25) is 4.57 Å². The van der Waals surface area contributed by atoms with Crippen LogP contribution >= 0.6 is 23.4 Å². The van der Waals surface area contributed by atoms with Gasteiger partial charge in [0.15, 0.2) is 0 Å². The van der Waals surface area contributed by atoms with Gasteiger partial charge in [0, 0.05) is 60.2 Å². The molecule has 5 rings (SSSR count). The number of halogens is 3. The van der Waals surface area contributed by atoms with Crippen LogP contribution < -0.4 is 15.9 Å². The molecule has 2 aliphatic heterocycles. The number of nitrogens with one attached hydrogen (secondary N) is 1. The Morgan fingerprint density at radius 3 is 2.70 bits per heavy atom. The van der Waals surface area contributed by atoms with Crippen LogP contribution in [0.3, 0.4) is 0 Å². The van der Waals surface area contributed by atoms with Crippen LogP contribution in [0.25, 0.3) is 22.0 Å². The fourth-order valence-corrected chi connectivity index (χ4v) is 5.73. The average Bonchev–Trinajstić information content (AvgIpc) is 2.96. The molecule has 1 fully saturated rings. The van der Waals surface area contributed by atoms with E-state index in [-0.39, 0.29) is 11.3 Å². The minimum absolute atomic E-state index is 0.229. The number of rotatable bonds is 2. The number of piperazine rings is 1. The lowest BCUT2D eigenvalue weighted by atomic mass is 10.0. The summed E-state index contributed by atoms with van der Waals surface area (Å²) in [6.07, 6.45) is 0.784. The van der Waals surface area contributed by atoms with Gasteiger partial charge in [-0.1, -0.05) is 11.6 Å². The number of aryl methyl sites for hydroxylation is 1. The first kappa shape index (κ1) is 19.8. The molecule has 0 saturated carbocycles. The van der Waals surface area contributed by atoms with Gasteiger partial charge >= 0.3 is 5.69 Å². The smallest absolute Gasteiger partial charge is 0.350 e. The molecule has 2 aromatic carbocycles. The molecular formula is C21H19ClF2N4OS. The van der Waals surface area contributed by atoms with Crippen molar-refractivity contribution in [1.29, 1.82) is 0 Å². The Labute approximate surface area is 181 Å². The van der Waals surface area contributed by atoms with Crippen molar-refractivity contribution in [3.8, 4) is 11.1 Å². The van der Waals surface area contributed by atoms with E-state index in [2.05, 4.69) is 15.2 Å². The molecule has 0 atom stereocenters. The van der Waals surface area contributed by atoms with Gasteiger partial charge < -0.3 is 10.2 Å². The highest BCUT2D eigenvalue weighted by atomic mass is 35.5. The number of nitrogens with zero attached hydrogens (tertiary/aromatic N) is 3. The molecule has 0 radical (unpaired) electrons. The van der Waals surface area contributed by atoms with E-state index in [1.165, 1.54) is 12.1 Å². The second-order valence-electron chi connectivity index (χ2n) is 7.39. The third kappa shape index (κ3) is 3.27. The predicted molar refractivity (Wildman–Crippen MR) is 117 cm³/mol. The fourth-order valence-electron chi connectivity index (χ4n) is 4.17. The quantitative estimate of drug-likeness (QED) is 0.644. The number of anilines is 1. The minimum atomic E-state index is -0.678. The molecule has 5 nitrogen and oxygen atoms in total. The van der Waals surface area contributed by atoms with Gasteiger partial charge in [0.25, 0.3) is 0 Å². The Bertz CT molecular complexity index is 1210.